The van der Waals surface area contributed by atoms with Crippen LogP contribution in [0, 0.1) is 0 Å². The van der Waals surface area contributed by atoms with E-state index in [1.807, 2.05) is 13.8 Å². The van der Waals surface area contributed by atoms with Crippen molar-refractivity contribution in [2.75, 3.05) is 0 Å². The molecule has 0 aliphatic carbocycles. The molecule has 68 valence electrons. The van der Waals surface area contributed by atoms with Crippen molar-refractivity contribution in [3.63, 3.8) is 0 Å². The van der Waals surface area contributed by atoms with E-state index in [1.54, 1.807) is 12.1 Å². The Bertz CT molecular complexity index is 354. The summed E-state index contributed by atoms with van der Waals surface area (Å²) in [6.07, 6.45) is 4.57. The first kappa shape index (κ1) is 9.93. The summed E-state index contributed by atoms with van der Waals surface area (Å²) >= 11 is 5.69. The molecule has 0 saturated carbocycles. The Morgan fingerprint density at radius 1 is 1.46 bits per heavy atom. The fourth-order valence-corrected chi connectivity index (χ4v) is 1.07. The molecule has 0 saturated heterocycles. The summed E-state index contributed by atoms with van der Waals surface area (Å²) in [6, 6.07) is 1.61. The molecule has 2 nitrogen and oxygen atoms in total. The number of ketones is 1. The highest BCUT2D eigenvalue weighted by atomic mass is 35.5. The first-order chi connectivity index (χ1) is 6.09. The summed E-state index contributed by atoms with van der Waals surface area (Å²) in [6.45, 7) is 3.74. The quantitative estimate of drug-likeness (QED) is 0.537. The van der Waals surface area contributed by atoms with Gasteiger partial charge in [-0.1, -0.05) is 17.2 Å². The van der Waals surface area contributed by atoms with E-state index in [9.17, 15) is 4.79 Å². The van der Waals surface area contributed by atoms with Crippen molar-refractivity contribution in [2.45, 2.75) is 13.8 Å². The zero-order valence-corrected chi connectivity index (χ0v) is 8.30. The van der Waals surface area contributed by atoms with Gasteiger partial charge in [-0.15, -0.1) is 0 Å². The van der Waals surface area contributed by atoms with Crippen LogP contribution < -0.4 is 0 Å². The van der Waals surface area contributed by atoms with Gasteiger partial charge < -0.3 is 0 Å². The minimum absolute atomic E-state index is 0.0602. The van der Waals surface area contributed by atoms with Crippen molar-refractivity contribution in [3.8, 4) is 0 Å². The molecule has 0 atom stereocenters. The van der Waals surface area contributed by atoms with E-state index in [1.165, 1.54) is 12.4 Å². The molecular weight excluding hydrogens is 186 g/mol. The molecule has 0 unspecified atom stereocenters. The highest BCUT2D eigenvalue weighted by Gasteiger charge is 2.02. The number of carbonyl (C=O) groups is 1. The van der Waals surface area contributed by atoms with E-state index in [0.29, 0.717) is 10.6 Å². The summed E-state index contributed by atoms with van der Waals surface area (Å²) in [7, 11) is 0. The monoisotopic (exact) mass is 195 g/mol. The number of aromatic nitrogens is 1. The van der Waals surface area contributed by atoms with Crippen LogP contribution >= 0.6 is 11.6 Å². The van der Waals surface area contributed by atoms with Crippen LogP contribution in [0.3, 0.4) is 0 Å². The summed E-state index contributed by atoms with van der Waals surface area (Å²) < 4.78 is 0. The Morgan fingerprint density at radius 3 is 2.69 bits per heavy atom. The predicted octanol–water partition coefficient (Wildman–Crippen LogP) is 2.88. The maximum absolute atomic E-state index is 11.4. The fraction of sp³-hybridized carbons (Fsp3) is 0.200. The SMILES string of the molecule is CC(C)=CC(=O)c1cncc(Cl)c1. The topological polar surface area (TPSA) is 30.0 Å². The summed E-state index contributed by atoms with van der Waals surface area (Å²) in [5.41, 5.74) is 1.48. The standard InChI is InChI=1S/C10H10ClNO/c1-7(2)3-10(13)8-4-9(11)6-12-5-8/h3-6H,1-2H3. The van der Waals surface area contributed by atoms with Crippen molar-refractivity contribution in [3.05, 3.63) is 40.7 Å². The van der Waals surface area contributed by atoms with E-state index < -0.39 is 0 Å². The average Bonchev–Trinajstić information content (AvgIpc) is 2.03. The van der Waals surface area contributed by atoms with Crippen molar-refractivity contribution < 1.29 is 4.79 Å². The largest absolute Gasteiger partial charge is 0.289 e. The van der Waals surface area contributed by atoms with E-state index in [4.69, 9.17) is 11.6 Å². The molecule has 0 fully saturated rings. The normalized spacial score (nSPS) is 9.46. The van der Waals surface area contributed by atoms with Crippen LogP contribution in [-0.4, -0.2) is 10.8 Å². The third-order valence-electron chi connectivity index (χ3n) is 1.41. The van der Waals surface area contributed by atoms with Gasteiger partial charge in [0.15, 0.2) is 5.78 Å². The maximum Gasteiger partial charge on any atom is 0.187 e. The van der Waals surface area contributed by atoms with Crippen molar-refractivity contribution in [1.29, 1.82) is 0 Å². The molecule has 0 amide bonds. The lowest BCUT2D eigenvalue weighted by atomic mass is 10.1. The second kappa shape index (κ2) is 4.19. The zero-order valence-electron chi connectivity index (χ0n) is 7.54. The van der Waals surface area contributed by atoms with Crippen LogP contribution in [0.2, 0.25) is 5.02 Å². The van der Waals surface area contributed by atoms with Gasteiger partial charge in [-0.25, -0.2) is 0 Å². The Morgan fingerprint density at radius 2 is 2.15 bits per heavy atom. The number of nitrogens with zero attached hydrogens (tertiary/aromatic N) is 1. The van der Waals surface area contributed by atoms with Crippen LogP contribution in [-0.2, 0) is 0 Å². The minimum atomic E-state index is -0.0602. The highest BCUT2D eigenvalue weighted by Crippen LogP contribution is 2.09. The predicted molar refractivity (Wildman–Crippen MR) is 53.0 cm³/mol. The Kier molecular flexibility index (Phi) is 3.20. The summed E-state index contributed by atoms with van der Waals surface area (Å²) in [4.78, 5) is 15.3. The van der Waals surface area contributed by atoms with E-state index in [2.05, 4.69) is 4.98 Å². The average molecular weight is 196 g/mol. The van der Waals surface area contributed by atoms with Crippen LogP contribution in [0.1, 0.15) is 24.2 Å². The van der Waals surface area contributed by atoms with E-state index >= 15 is 0 Å². The van der Waals surface area contributed by atoms with Gasteiger partial charge in [-0.05, 0) is 26.0 Å². The molecule has 1 aromatic heterocycles. The van der Waals surface area contributed by atoms with Gasteiger partial charge >= 0.3 is 0 Å². The third-order valence-corrected chi connectivity index (χ3v) is 1.62. The van der Waals surface area contributed by atoms with Gasteiger partial charge in [0.05, 0.1) is 5.02 Å². The molecule has 0 radical (unpaired) electrons. The summed E-state index contributed by atoms with van der Waals surface area (Å²) in [5, 5.41) is 0.480. The molecule has 0 aliphatic rings. The number of hydrogen-bond donors (Lipinski definition) is 0. The van der Waals surface area contributed by atoms with Gasteiger partial charge in [-0.2, -0.15) is 0 Å². The van der Waals surface area contributed by atoms with Crippen LogP contribution in [0.5, 0.6) is 0 Å². The number of carbonyl (C=O) groups excluding carboxylic acids is 1. The van der Waals surface area contributed by atoms with Crippen LogP contribution in [0.25, 0.3) is 0 Å². The van der Waals surface area contributed by atoms with Gasteiger partial charge in [0.1, 0.15) is 0 Å². The smallest absolute Gasteiger partial charge is 0.187 e. The molecule has 1 aromatic rings. The zero-order chi connectivity index (χ0) is 9.84. The molecule has 0 N–H and O–H groups in total. The van der Waals surface area contributed by atoms with Crippen LogP contribution in [0.15, 0.2) is 30.1 Å². The van der Waals surface area contributed by atoms with Crippen molar-refractivity contribution >= 4 is 17.4 Å². The molecule has 13 heavy (non-hydrogen) atoms. The second-order valence-corrected chi connectivity index (χ2v) is 3.41. The van der Waals surface area contributed by atoms with Gasteiger partial charge in [0.25, 0.3) is 0 Å². The van der Waals surface area contributed by atoms with Gasteiger partial charge in [0.2, 0.25) is 0 Å². The molecule has 0 aromatic carbocycles. The highest BCUT2D eigenvalue weighted by molar-refractivity contribution is 6.30. The number of pyridine rings is 1. The second-order valence-electron chi connectivity index (χ2n) is 2.98. The fourth-order valence-electron chi connectivity index (χ4n) is 0.892. The lowest BCUT2D eigenvalue weighted by Crippen LogP contribution is -1.95. The maximum atomic E-state index is 11.4. The molecular formula is C10H10ClNO. The molecule has 3 heteroatoms. The Balaban J connectivity index is 2.96. The molecule has 0 bridgehead atoms. The number of rotatable bonds is 2. The summed E-state index contributed by atoms with van der Waals surface area (Å²) in [5.74, 6) is -0.0602. The molecule has 0 spiro atoms. The lowest BCUT2D eigenvalue weighted by molar-refractivity contribution is 0.104. The first-order valence-corrected chi connectivity index (χ1v) is 4.27. The van der Waals surface area contributed by atoms with E-state index in [0.717, 1.165) is 5.57 Å². The van der Waals surface area contributed by atoms with Crippen LogP contribution in [0.4, 0.5) is 0 Å². The Hall–Kier alpha value is -1.15. The van der Waals surface area contributed by atoms with Crippen molar-refractivity contribution in [2.24, 2.45) is 0 Å². The number of halogens is 1. The molecule has 0 aliphatic heterocycles. The number of allylic oxidation sites excluding steroid dienone is 2. The first-order valence-electron chi connectivity index (χ1n) is 3.89. The van der Waals surface area contributed by atoms with Gasteiger partial charge in [0, 0.05) is 18.0 Å². The minimum Gasteiger partial charge on any atom is -0.289 e. The van der Waals surface area contributed by atoms with E-state index in [-0.39, 0.29) is 5.78 Å². The molecule has 1 heterocycles. The van der Waals surface area contributed by atoms with Gasteiger partial charge in [-0.3, -0.25) is 9.78 Å². The van der Waals surface area contributed by atoms with Crippen molar-refractivity contribution in [1.82, 2.24) is 4.98 Å². The molecule has 1 rings (SSSR count). The number of hydrogen-bond acceptors (Lipinski definition) is 2. The lowest BCUT2D eigenvalue weighted by Gasteiger charge is -1.95. The third kappa shape index (κ3) is 2.99. The Labute approximate surface area is 82.3 Å².